The highest BCUT2D eigenvalue weighted by Crippen LogP contribution is 1.79. The normalized spacial score (nSPS) is 8.21. The number of amides is 1. The minimum absolute atomic E-state index is 0.0682. The van der Waals surface area contributed by atoms with Gasteiger partial charge in [-0.15, -0.1) is 0 Å². The Hall–Kier alpha value is -1.34. The quantitative estimate of drug-likeness (QED) is 0.444. The molecule has 0 saturated carbocycles. The van der Waals surface area contributed by atoms with Crippen LogP contribution in [0.3, 0.4) is 0 Å². The van der Waals surface area contributed by atoms with Gasteiger partial charge in [0.25, 0.3) is 0 Å². The van der Waals surface area contributed by atoms with Gasteiger partial charge in [-0.1, -0.05) is 0 Å². The van der Waals surface area contributed by atoms with Crippen molar-refractivity contribution < 1.29 is 19.4 Å². The fourth-order valence-corrected chi connectivity index (χ4v) is 0.474. The number of hydrogen-bond acceptors (Lipinski definition) is 5. The highest BCUT2D eigenvalue weighted by molar-refractivity contribution is 5.70. The predicted molar refractivity (Wildman–Crippen MR) is 50.8 cm³/mol. The summed E-state index contributed by atoms with van der Waals surface area (Å²) in [5, 5.41) is 10.4. The number of carboxylic acids is 1. The average Bonchev–Trinajstić information content (AvgIpc) is 2.17. The van der Waals surface area contributed by atoms with Crippen LogP contribution in [0, 0.1) is 0 Å². The molecule has 0 bridgehead atoms. The lowest BCUT2D eigenvalue weighted by atomic mass is 10.4. The monoisotopic (exact) mass is 207 g/mol. The van der Waals surface area contributed by atoms with E-state index in [0.29, 0.717) is 0 Å². The van der Waals surface area contributed by atoms with Crippen molar-refractivity contribution in [1.29, 1.82) is 0 Å². The highest BCUT2D eigenvalue weighted by Gasteiger charge is 2.01. The number of carbonyl (C=O) groups is 2. The van der Waals surface area contributed by atoms with Crippen molar-refractivity contribution in [2.75, 3.05) is 26.7 Å². The number of aliphatic carboxylic acids is 1. The summed E-state index contributed by atoms with van der Waals surface area (Å²) < 4.78 is 4.51. The molecule has 0 fully saturated rings. The molecule has 0 saturated heterocycles. The van der Waals surface area contributed by atoms with E-state index in [-0.39, 0.29) is 26.1 Å². The largest absolute Gasteiger partial charge is 0.481 e. The molecule has 0 aromatic heterocycles. The second-order valence-corrected chi connectivity index (χ2v) is 2.00. The van der Waals surface area contributed by atoms with Crippen LogP contribution in [0.1, 0.15) is 6.42 Å². The van der Waals surface area contributed by atoms with Gasteiger partial charge in [0.05, 0.1) is 6.42 Å². The summed E-state index contributed by atoms with van der Waals surface area (Å²) in [4.78, 5) is 20.6. The molecular formula is C7H17N3O4. The number of rotatable bonds is 5. The van der Waals surface area contributed by atoms with E-state index in [1.54, 1.807) is 0 Å². The Labute approximate surface area is 82.4 Å². The van der Waals surface area contributed by atoms with Crippen molar-refractivity contribution >= 4 is 12.1 Å². The molecule has 1 amide bonds. The summed E-state index contributed by atoms with van der Waals surface area (Å²) in [6, 6.07) is 0. The molecule has 6 N–H and O–H groups in total. The topological polar surface area (TPSA) is 128 Å². The molecule has 0 aliphatic carbocycles. The standard InChI is InChI=1S/C6H12N2O4.CH5N/c7-2-4-12-6(11)8-3-1-5(9)10;1-2/h1-4,7H2,(H,8,11)(H,9,10);2H2,1H3. The molecule has 0 heterocycles. The van der Waals surface area contributed by atoms with Gasteiger partial charge in [-0.05, 0) is 7.05 Å². The fraction of sp³-hybridized carbons (Fsp3) is 0.714. The summed E-state index contributed by atoms with van der Waals surface area (Å²) in [5.74, 6) is -0.964. The van der Waals surface area contributed by atoms with Gasteiger partial charge in [0.2, 0.25) is 0 Å². The second kappa shape index (κ2) is 11.7. The minimum Gasteiger partial charge on any atom is -0.481 e. The van der Waals surface area contributed by atoms with Gasteiger partial charge in [0, 0.05) is 13.1 Å². The van der Waals surface area contributed by atoms with Crippen molar-refractivity contribution in [3.8, 4) is 0 Å². The first-order chi connectivity index (χ1) is 6.66. The number of nitrogens with two attached hydrogens (primary N) is 2. The Kier molecular flexibility index (Phi) is 12.6. The van der Waals surface area contributed by atoms with Crippen LogP contribution in [0.15, 0.2) is 0 Å². The number of carbonyl (C=O) groups excluding carboxylic acids is 1. The zero-order valence-corrected chi connectivity index (χ0v) is 8.16. The minimum atomic E-state index is -0.964. The summed E-state index contributed by atoms with van der Waals surface area (Å²) in [7, 11) is 1.50. The van der Waals surface area contributed by atoms with Crippen molar-refractivity contribution in [3.05, 3.63) is 0 Å². The van der Waals surface area contributed by atoms with Crippen LogP contribution < -0.4 is 16.8 Å². The zero-order chi connectivity index (χ0) is 11.4. The Bertz CT molecular complexity index is 163. The molecule has 0 aromatic carbocycles. The van der Waals surface area contributed by atoms with Crippen LogP contribution in [0.2, 0.25) is 0 Å². The number of alkyl carbamates (subject to hydrolysis) is 1. The van der Waals surface area contributed by atoms with Gasteiger partial charge in [0.15, 0.2) is 0 Å². The Morgan fingerprint density at radius 3 is 2.43 bits per heavy atom. The first-order valence-electron chi connectivity index (χ1n) is 4.07. The van der Waals surface area contributed by atoms with E-state index in [1.807, 2.05) is 0 Å². The van der Waals surface area contributed by atoms with Gasteiger partial charge >= 0.3 is 12.1 Å². The fourth-order valence-electron chi connectivity index (χ4n) is 0.474. The van der Waals surface area contributed by atoms with Crippen LogP contribution in [-0.4, -0.2) is 43.9 Å². The molecule has 0 radical (unpaired) electrons. The van der Waals surface area contributed by atoms with Crippen LogP contribution in [0.5, 0.6) is 0 Å². The number of nitrogens with one attached hydrogen (secondary N) is 1. The third kappa shape index (κ3) is 13.3. The SMILES string of the molecule is CN.NCCOC(=O)NCCC(=O)O. The number of hydrogen-bond donors (Lipinski definition) is 4. The Morgan fingerprint density at radius 1 is 1.43 bits per heavy atom. The van der Waals surface area contributed by atoms with Crippen molar-refractivity contribution in [3.63, 3.8) is 0 Å². The molecule has 7 heteroatoms. The predicted octanol–water partition coefficient (Wildman–Crippen LogP) is -1.28. The van der Waals surface area contributed by atoms with Crippen LogP contribution in [0.4, 0.5) is 4.79 Å². The van der Waals surface area contributed by atoms with Gasteiger partial charge in [-0.2, -0.15) is 0 Å². The maximum atomic E-state index is 10.6. The van der Waals surface area contributed by atoms with Gasteiger partial charge < -0.3 is 26.6 Å². The smallest absolute Gasteiger partial charge is 0.407 e. The Balaban J connectivity index is 0. The maximum Gasteiger partial charge on any atom is 0.407 e. The molecule has 0 atom stereocenters. The molecule has 0 rings (SSSR count). The summed E-state index contributed by atoms with van der Waals surface area (Å²) in [6.45, 7) is 0.462. The first-order valence-corrected chi connectivity index (χ1v) is 4.07. The molecule has 0 unspecified atom stereocenters. The molecule has 0 spiro atoms. The molecular weight excluding hydrogens is 190 g/mol. The maximum absolute atomic E-state index is 10.6. The summed E-state index contributed by atoms with van der Waals surface area (Å²) in [6.07, 6.45) is -0.751. The average molecular weight is 207 g/mol. The van der Waals surface area contributed by atoms with Gasteiger partial charge in [0.1, 0.15) is 6.61 Å². The van der Waals surface area contributed by atoms with E-state index < -0.39 is 12.1 Å². The van der Waals surface area contributed by atoms with Crippen LogP contribution in [-0.2, 0) is 9.53 Å². The van der Waals surface area contributed by atoms with Gasteiger partial charge in [-0.3, -0.25) is 4.79 Å². The third-order valence-electron chi connectivity index (χ3n) is 0.959. The van der Waals surface area contributed by atoms with E-state index >= 15 is 0 Å². The van der Waals surface area contributed by atoms with Crippen molar-refractivity contribution in [2.24, 2.45) is 11.5 Å². The van der Waals surface area contributed by atoms with Gasteiger partial charge in [-0.25, -0.2) is 4.79 Å². The van der Waals surface area contributed by atoms with Crippen molar-refractivity contribution in [2.45, 2.75) is 6.42 Å². The summed E-state index contributed by atoms with van der Waals surface area (Å²) in [5.41, 5.74) is 9.55. The third-order valence-corrected chi connectivity index (χ3v) is 0.959. The van der Waals surface area contributed by atoms with Crippen molar-refractivity contribution in [1.82, 2.24) is 5.32 Å². The Morgan fingerprint density at radius 2 is 2.00 bits per heavy atom. The number of ether oxygens (including phenoxy) is 1. The summed E-state index contributed by atoms with van der Waals surface area (Å²) >= 11 is 0. The molecule has 14 heavy (non-hydrogen) atoms. The number of carboxylic acid groups (broad SMARTS) is 1. The lowest BCUT2D eigenvalue weighted by Gasteiger charge is -2.03. The van der Waals surface area contributed by atoms with Crippen LogP contribution in [0.25, 0.3) is 0 Å². The first kappa shape index (κ1) is 15.1. The molecule has 84 valence electrons. The molecule has 0 aliphatic rings. The highest BCUT2D eigenvalue weighted by atomic mass is 16.5. The molecule has 0 aliphatic heterocycles. The van der Waals surface area contributed by atoms with Crippen LogP contribution >= 0.6 is 0 Å². The molecule has 7 nitrogen and oxygen atoms in total. The van der Waals surface area contributed by atoms with E-state index in [1.165, 1.54) is 7.05 Å². The zero-order valence-electron chi connectivity index (χ0n) is 8.16. The van der Waals surface area contributed by atoms with E-state index in [2.05, 4.69) is 15.8 Å². The van der Waals surface area contributed by atoms with E-state index in [9.17, 15) is 9.59 Å². The molecule has 0 aromatic rings. The lowest BCUT2D eigenvalue weighted by molar-refractivity contribution is -0.136. The lowest BCUT2D eigenvalue weighted by Crippen LogP contribution is -2.28. The second-order valence-electron chi connectivity index (χ2n) is 2.00. The van der Waals surface area contributed by atoms with E-state index in [4.69, 9.17) is 10.8 Å². The van der Waals surface area contributed by atoms with E-state index in [0.717, 1.165) is 0 Å².